The van der Waals surface area contributed by atoms with Crippen molar-refractivity contribution in [2.75, 3.05) is 5.75 Å². The van der Waals surface area contributed by atoms with Crippen LogP contribution in [-0.4, -0.2) is 11.0 Å². The molecule has 2 rings (SSSR count). The summed E-state index contributed by atoms with van der Waals surface area (Å²) in [6.45, 7) is 0. The average molecular weight is 128 g/mol. The van der Waals surface area contributed by atoms with Gasteiger partial charge in [0.25, 0.3) is 0 Å². The van der Waals surface area contributed by atoms with Gasteiger partial charge in [0.05, 0.1) is 0 Å². The zero-order valence-corrected chi connectivity index (χ0v) is 5.91. The number of hydrogen-bond acceptors (Lipinski definition) is 1. The molecule has 0 nitrogen and oxygen atoms in total. The van der Waals surface area contributed by atoms with E-state index in [0.29, 0.717) is 0 Å². The quantitative estimate of drug-likeness (QED) is 0.482. The lowest BCUT2D eigenvalue weighted by molar-refractivity contribution is 0.669. The molecule has 0 radical (unpaired) electrons. The summed E-state index contributed by atoms with van der Waals surface area (Å²) in [5.74, 6) is 2.60. The number of rotatable bonds is 0. The minimum Gasteiger partial charge on any atom is -0.158 e. The Labute approximate surface area is 55.0 Å². The molecule has 1 aliphatic heterocycles. The molecular formula is C7H12S. The van der Waals surface area contributed by atoms with Gasteiger partial charge in [0.2, 0.25) is 0 Å². The molecule has 2 atom stereocenters. The van der Waals surface area contributed by atoms with E-state index in [9.17, 15) is 0 Å². The van der Waals surface area contributed by atoms with Crippen molar-refractivity contribution in [1.29, 1.82) is 0 Å². The van der Waals surface area contributed by atoms with Gasteiger partial charge in [-0.25, -0.2) is 0 Å². The van der Waals surface area contributed by atoms with Crippen LogP contribution in [0.25, 0.3) is 0 Å². The van der Waals surface area contributed by atoms with E-state index in [1.165, 1.54) is 25.0 Å². The fraction of sp³-hybridized carbons (Fsp3) is 1.00. The second kappa shape index (κ2) is 1.94. The summed E-state index contributed by atoms with van der Waals surface area (Å²) in [6.07, 6.45) is 6.08. The van der Waals surface area contributed by atoms with E-state index in [2.05, 4.69) is 11.8 Å². The highest BCUT2D eigenvalue weighted by Crippen LogP contribution is 2.47. The minimum atomic E-state index is 1.11. The second-order valence-electron chi connectivity index (χ2n) is 2.90. The average Bonchev–Trinajstić information content (AvgIpc) is 2.36. The van der Waals surface area contributed by atoms with Gasteiger partial charge in [-0.2, -0.15) is 11.8 Å². The number of thioether (sulfide) groups is 1. The van der Waals surface area contributed by atoms with Crippen molar-refractivity contribution in [1.82, 2.24) is 0 Å². The topological polar surface area (TPSA) is 0 Å². The Bertz CT molecular complexity index is 80.4. The van der Waals surface area contributed by atoms with Gasteiger partial charge in [-0.1, -0.05) is 6.42 Å². The van der Waals surface area contributed by atoms with Gasteiger partial charge in [0, 0.05) is 5.25 Å². The largest absolute Gasteiger partial charge is 0.158 e. The van der Waals surface area contributed by atoms with E-state index in [1.807, 2.05) is 0 Å². The van der Waals surface area contributed by atoms with Gasteiger partial charge in [0.15, 0.2) is 0 Å². The lowest BCUT2D eigenvalue weighted by Crippen LogP contribution is -1.76. The molecule has 1 saturated heterocycles. The Morgan fingerprint density at radius 2 is 2.25 bits per heavy atom. The zero-order chi connectivity index (χ0) is 5.40. The molecule has 0 aromatic heterocycles. The van der Waals surface area contributed by atoms with Crippen molar-refractivity contribution >= 4 is 11.8 Å². The first-order valence-electron chi connectivity index (χ1n) is 3.58. The first-order valence-corrected chi connectivity index (χ1v) is 4.63. The fourth-order valence-corrected chi connectivity index (χ4v) is 2.94. The van der Waals surface area contributed by atoms with E-state index in [4.69, 9.17) is 0 Å². The van der Waals surface area contributed by atoms with Crippen molar-refractivity contribution in [2.45, 2.75) is 30.9 Å². The summed E-state index contributed by atoms with van der Waals surface area (Å²) in [6, 6.07) is 0. The standard InChI is InChI=1S/C7H12S/c1-2-4-8-7-5-6(7)3-1/h6-7H,1-5H2. The third-order valence-corrected chi connectivity index (χ3v) is 3.69. The van der Waals surface area contributed by atoms with E-state index in [-0.39, 0.29) is 0 Å². The van der Waals surface area contributed by atoms with E-state index in [1.54, 1.807) is 6.42 Å². The van der Waals surface area contributed by atoms with E-state index in [0.717, 1.165) is 11.2 Å². The van der Waals surface area contributed by atoms with Crippen LogP contribution in [0, 0.1) is 5.92 Å². The molecule has 1 aliphatic carbocycles. The smallest absolute Gasteiger partial charge is 0.00787 e. The molecule has 1 saturated carbocycles. The van der Waals surface area contributed by atoms with Gasteiger partial charge in [0.1, 0.15) is 0 Å². The molecule has 0 spiro atoms. The lowest BCUT2D eigenvalue weighted by atomic mass is 10.2. The van der Waals surface area contributed by atoms with Crippen molar-refractivity contribution in [3.63, 3.8) is 0 Å². The van der Waals surface area contributed by atoms with Crippen LogP contribution in [0.4, 0.5) is 0 Å². The highest BCUT2D eigenvalue weighted by molar-refractivity contribution is 8.00. The van der Waals surface area contributed by atoms with Crippen molar-refractivity contribution in [3.05, 3.63) is 0 Å². The highest BCUT2D eigenvalue weighted by Gasteiger charge is 2.37. The molecule has 2 fully saturated rings. The molecule has 0 aromatic carbocycles. The molecule has 8 heavy (non-hydrogen) atoms. The van der Waals surface area contributed by atoms with Crippen molar-refractivity contribution < 1.29 is 0 Å². The third-order valence-electron chi connectivity index (χ3n) is 2.16. The van der Waals surface area contributed by atoms with Crippen LogP contribution >= 0.6 is 11.8 Å². The first kappa shape index (κ1) is 5.16. The molecule has 1 heteroatoms. The predicted octanol–water partition coefficient (Wildman–Crippen LogP) is 2.29. The Morgan fingerprint density at radius 3 is 3.25 bits per heavy atom. The summed E-state index contributed by atoms with van der Waals surface area (Å²) < 4.78 is 0. The maximum atomic E-state index is 2.21. The van der Waals surface area contributed by atoms with Crippen molar-refractivity contribution in [3.8, 4) is 0 Å². The highest BCUT2D eigenvalue weighted by atomic mass is 32.2. The van der Waals surface area contributed by atoms with Crippen LogP contribution < -0.4 is 0 Å². The molecule has 46 valence electrons. The summed E-state index contributed by atoms with van der Waals surface area (Å²) in [4.78, 5) is 0. The van der Waals surface area contributed by atoms with Gasteiger partial charge in [-0.3, -0.25) is 0 Å². The summed E-state index contributed by atoms with van der Waals surface area (Å²) in [5.41, 5.74) is 0. The van der Waals surface area contributed by atoms with E-state index >= 15 is 0 Å². The summed E-state index contributed by atoms with van der Waals surface area (Å²) in [5, 5.41) is 1.11. The first-order chi connectivity index (χ1) is 3.97. The van der Waals surface area contributed by atoms with E-state index < -0.39 is 0 Å². The van der Waals surface area contributed by atoms with Crippen LogP contribution in [-0.2, 0) is 0 Å². The molecule has 0 amide bonds. The van der Waals surface area contributed by atoms with Gasteiger partial charge >= 0.3 is 0 Å². The van der Waals surface area contributed by atoms with Gasteiger partial charge < -0.3 is 0 Å². The SMILES string of the molecule is C1CCC2CC2SC1. The predicted molar refractivity (Wildman–Crippen MR) is 38.2 cm³/mol. The van der Waals surface area contributed by atoms with Crippen LogP contribution in [0.15, 0.2) is 0 Å². The molecule has 0 bridgehead atoms. The zero-order valence-electron chi connectivity index (χ0n) is 5.10. The van der Waals surface area contributed by atoms with Crippen molar-refractivity contribution in [2.24, 2.45) is 5.92 Å². The summed E-state index contributed by atoms with van der Waals surface area (Å²) in [7, 11) is 0. The lowest BCUT2D eigenvalue weighted by Gasteiger charge is -1.90. The second-order valence-corrected chi connectivity index (χ2v) is 4.25. The summed E-state index contributed by atoms with van der Waals surface area (Å²) >= 11 is 2.21. The molecular weight excluding hydrogens is 116 g/mol. The Hall–Kier alpha value is 0.350. The Kier molecular flexibility index (Phi) is 1.25. The third kappa shape index (κ3) is 0.883. The maximum absolute atomic E-state index is 2.21. The van der Waals surface area contributed by atoms with Gasteiger partial charge in [-0.15, -0.1) is 0 Å². The Balaban J connectivity index is 1.89. The molecule has 2 unspecified atom stereocenters. The molecule has 0 aromatic rings. The van der Waals surface area contributed by atoms with Gasteiger partial charge in [-0.05, 0) is 30.9 Å². The number of hydrogen-bond donors (Lipinski definition) is 0. The molecule has 0 N–H and O–H groups in total. The van der Waals surface area contributed by atoms with Crippen LogP contribution in [0.1, 0.15) is 25.7 Å². The molecule has 2 aliphatic rings. The molecule has 1 heterocycles. The Morgan fingerprint density at radius 1 is 1.25 bits per heavy atom. The minimum absolute atomic E-state index is 1.11. The maximum Gasteiger partial charge on any atom is 0.00787 e. The van der Waals surface area contributed by atoms with Crippen LogP contribution in [0.3, 0.4) is 0 Å². The monoisotopic (exact) mass is 128 g/mol. The van der Waals surface area contributed by atoms with Crippen LogP contribution in [0.5, 0.6) is 0 Å². The van der Waals surface area contributed by atoms with Crippen LogP contribution in [0.2, 0.25) is 0 Å². The fourth-order valence-electron chi connectivity index (χ4n) is 1.47. The normalized spacial score (nSPS) is 45.0. The number of fused-ring (bicyclic) bond motifs is 1.